The zero-order chi connectivity index (χ0) is 14.4. The van der Waals surface area contributed by atoms with Gasteiger partial charge in [-0.3, -0.25) is 9.78 Å². The lowest BCUT2D eigenvalue weighted by molar-refractivity contribution is -0.111. The average molecular weight is 289 g/mol. The molecule has 1 aromatic heterocycles. The van der Waals surface area contributed by atoms with E-state index in [9.17, 15) is 4.79 Å². The number of hydrogen-bond acceptors (Lipinski definition) is 3. The Kier molecular flexibility index (Phi) is 4.87. The fourth-order valence-electron chi connectivity index (χ4n) is 1.59. The maximum atomic E-state index is 11.8. The Labute approximate surface area is 121 Å². The van der Waals surface area contributed by atoms with Crippen molar-refractivity contribution in [2.24, 2.45) is 0 Å². The maximum Gasteiger partial charge on any atom is 0.248 e. The molecule has 5 heteroatoms. The largest absolute Gasteiger partial charge is 0.392 e. The van der Waals surface area contributed by atoms with Gasteiger partial charge in [-0.1, -0.05) is 23.7 Å². The lowest BCUT2D eigenvalue weighted by atomic mass is 10.2. The molecule has 0 radical (unpaired) electrons. The van der Waals surface area contributed by atoms with E-state index in [0.717, 1.165) is 5.56 Å². The molecule has 2 aromatic rings. The third kappa shape index (κ3) is 3.91. The molecule has 0 saturated carbocycles. The van der Waals surface area contributed by atoms with Crippen LogP contribution in [0.4, 0.5) is 5.69 Å². The molecule has 0 spiro atoms. The van der Waals surface area contributed by atoms with Gasteiger partial charge in [0.1, 0.15) is 0 Å². The number of aliphatic hydroxyl groups excluding tert-OH is 1. The van der Waals surface area contributed by atoms with Crippen molar-refractivity contribution in [3.8, 4) is 0 Å². The predicted octanol–water partition coefficient (Wildman–Crippen LogP) is 2.88. The van der Waals surface area contributed by atoms with Crippen molar-refractivity contribution in [3.63, 3.8) is 0 Å². The Hall–Kier alpha value is -2.17. The van der Waals surface area contributed by atoms with Gasteiger partial charge in [0, 0.05) is 22.9 Å². The van der Waals surface area contributed by atoms with Gasteiger partial charge in [0.2, 0.25) is 5.91 Å². The van der Waals surface area contributed by atoms with Gasteiger partial charge in [0.25, 0.3) is 0 Å². The van der Waals surface area contributed by atoms with Gasteiger partial charge in [0.15, 0.2) is 0 Å². The highest BCUT2D eigenvalue weighted by Crippen LogP contribution is 2.14. The quantitative estimate of drug-likeness (QED) is 0.851. The minimum atomic E-state index is -0.289. The van der Waals surface area contributed by atoms with Crippen molar-refractivity contribution >= 4 is 29.3 Å². The summed E-state index contributed by atoms with van der Waals surface area (Å²) in [6, 6.07) is 8.79. The number of aromatic nitrogens is 1. The van der Waals surface area contributed by atoms with Crippen LogP contribution in [0.1, 0.15) is 11.1 Å². The molecule has 0 bridgehead atoms. The fourth-order valence-corrected chi connectivity index (χ4v) is 1.72. The Morgan fingerprint density at radius 3 is 2.75 bits per heavy atom. The molecule has 2 rings (SSSR count). The number of pyridine rings is 1. The van der Waals surface area contributed by atoms with Crippen molar-refractivity contribution in [1.82, 2.24) is 4.98 Å². The molecule has 4 nitrogen and oxygen atoms in total. The number of nitrogens with zero attached hydrogens (tertiary/aromatic N) is 1. The summed E-state index contributed by atoms with van der Waals surface area (Å²) in [7, 11) is 0. The highest BCUT2D eigenvalue weighted by molar-refractivity contribution is 6.30. The summed E-state index contributed by atoms with van der Waals surface area (Å²) < 4.78 is 0. The third-order valence-corrected chi connectivity index (χ3v) is 2.89. The van der Waals surface area contributed by atoms with E-state index in [1.165, 1.54) is 12.3 Å². The van der Waals surface area contributed by atoms with Crippen LogP contribution in [-0.2, 0) is 11.4 Å². The second-order valence-corrected chi connectivity index (χ2v) is 4.50. The van der Waals surface area contributed by atoms with Gasteiger partial charge < -0.3 is 10.4 Å². The number of halogens is 1. The summed E-state index contributed by atoms with van der Waals surface area (Å²) in [5.74, 6) is -0.289. The maximum absolute atomic E-state index is 11.8. The van der Waals surface area contributed by atoms with Crippen LogP contribution in [0.5, 0.6) is 0 Å². The molecule has 0 fully saturated rings. The van der Waals surface area contributed by atoms with Crippen LogP contribution in [0.25, 0.3) is 6.08 Å². The first-order chi connectivity index (χ1) is 9.69. The fraction of sp³-hybridized carbons (Fsp3) is 0.0667. The minimum Gasteiger partial charge on any atom is -0.392 e. The number of carbonyl (C=O) groups excluding carboxylic acids is 1. The van der Waals surface area contributed by atoms with Crippen molar-refractivity contribution in [3.05, 3.63) is 65.0 Å². The normalized spacial score (nSPS) is 10.7. The zero-order valence-electron chi connectivity index (χ0n) is 10.6. The monoisotopic (exact) mass is 288 g/mol. The van der Waals surface area contributed by atoms with E-state index in [0.29, 0.717) is 16.3 Å². The van der Waals surface area contributed by atoms with Crippen molar-refractivity contribution in [2.45, 2.75) is 6.61 Å². The van der Waals surface area contributed by atoms with Crippen LogP contribution >= 0.6 is 11.6 Å². The minimum absolute atomic E-state index is 0.154. The highest BCUT2D eigenvalue weighted by Gasteiger charge is 2.03. The van der Waals surface area contributed by atoms with Crippen LogP contribution in [0.2, 0.25) is 5.02 Å². The number of hydrogen-bond donors (Lipinski definition) is 2. The molecule has 1 heterocycles. The van der Waals surface area contributed by atoms with Crippen molar-refractivity contribution in [2.75, 3.05) is 5.32 Å². The molecule has 20 heavy (non-hydrogen) atoms. The van der Waals surface area contributed by atoms with Gasteiger partial charge in [-0.2, -0.15) is 0 Å². The van der Waals surface area contributed by atoms with E-state index in [1.54, 1.807) is 30.5 Å². The van der Waals surface area contributed by atoms with E-state index in [1.807, 2.05) is 12.1 Å². The molecular formula is C15H13ClN2O2. The van der Waals surface area contributed by atoms with E-state index >= 15 is 0 Å². The van der Waals surface area contributed by atoms with E-state index < -0.39 is 0 Å². The first-order valence-electron chi connectivity index (χ1n) is 5.97. The van der Waals surface area contributed by atoms with E-state index in [2.05, 4.69) is 10.3 Å². The molecule has 1 amide bonds. The molecular weight excluding hydrogens is 276 g/mol. The number of amides is 1. The Balaban J connectivity index is 2.03. The molecule has 0 unspecified atom stereocenters. The summed E-state index contributed by atoms with van der Waals surface area (Å²) in [6.07, 6.45) is 6.16. The van der Waals surface area contributed by atoms with Gasteiger partial charge in [-0.15, -0.1) is 0 Å². The SMILES string of the molecule is O=C(/C=C/c1ccc(Cl)cc1)Nc1cnccc1CO. The zero-order valence-corrected chi connectivity index (χ0v) is 11.3. The molecule has 1 aromatic carbocycles. The molecule has 2 N–H and O–H groups in total. The van der Waals surface area contributed by atoms with Gasteiger partial charge >= 0.3 is 0 Å². The number of anilines is 1. The van der Waals surface area contributed by atoms with Crippen LogP contribution in [0.15, 0.2) is 48.8 Å². The van der Waals surface area contributed by atoms with Crippen molar-refractivity contribution in [1.29, 1.82) is 0 Å². The van der Waals surface area contributed by atoms with Crippen LogP contribution < -0.4 is 5.32 Å². The average Bonchev–Trinajstić information content (AvgIpc) is 2.47. The first-order valence-corrected chi connectivity index (χ1v) is 6.35. The topological polar surface area (TPSA) is 62.2 Å². The van der Waals surface area contributed by atoms with Crippen LogP contribution in [-0.4, -0.2) is 16.0 Å². The van der Waals surface area contributed by atoms with Gasteiger partial charge in [0.05, 0.1) is 18.5 Å². The van der Waals surface area contributed by atoms with Crippen LogP contribution in [0.3, 0.4) is 0 Å². The van der Waals surface area contributed by atoms with E-state index in [-0.39, 0.29) is 12.5 Å². The third-order valence-electron chi connectivity index (χ3n) is 2.64. The number of carbonyl (C=O) groups is 1. The summed E-state index contributed by atoms with van der Waals surface area (Å²) in [4.78, 5) is 15.7. The summed E-state index contributed by atoms with van der Waals surface area (Å²) >= 11 is 5.78. The molecule has 102 valence electrons. The summed E-state index contributed by atoms with van der Waals surface area (Å²) in [5, 5.41) is 12.5. The lowest BCUT2D eigenvalue weighted by Gasteiger charge is -2.06. The van der Waals surface area contributed by atoms with E-state index in [4.69, 9.17) is 16.7 Å². The van der Waals surface area contributed by atoms with Gasteiger partial charge in [-0.25, -0.2) is 0 Å². The van der Waals surface area contributed by atoms with Gasteiger partial charge in [-0.05, 0) is 29.8 Å². The Bertz CT molecular complexity index is 624. The highest BCUT2D eigenvalue weighted by atomic mass is 35.5. The second-order valence-electron chi connectivity index (χ2n) is 4.07. The van der Waals surface area contributed by atoms with Crippen molar-refractivity contribution < 1.29 is 9.90 Å². The standard InChI is InChI=1S/C15H13ClN2O2/c16-13-4-1-11(2-5-13)3-6-15(20)18-14-9-17-8-7-12(14)10-19/h1-9,19H,10H2,(H,18,20)/b6-3+. The molecule has 0 aliphatic rings. The Morgan fingerprint density at radius 1 is 1.30 bits per heavy atom. The first kappa shape index (κ1) is 14.2. The summed E-state index contributed by atoms with van der Waals surface area (Å²) in [6.45, 7) is -0.154. The molecule has 0 aliphatic carbocycles. The number of aliphatic hydroxyl groups is 1. The summed E-state index contributed by atoms with van der Waals surface area (Å²) in [5.41, 5.74) is 1.99. The predicted molar refractivity (Wildman–Crippen MR) is 79.3 cm³/mol. The smallest absolute Gasteiger partial charge is 0.248 e. The molecule has 0 atom stereocenters. The second kappa shape index (κ2) is 6.84. The molecule has 0 aliphatic heterocycles. The lowest BCUT2D eigenvalue weighted by Crippen LogP contribution is -2.10. The Morgan fingerprint density at radius 2 is 2.05 bits per heavy atom. The molecule has 0 saturated heterocycles. The number of rotatable bonds is 4. The number of nitrogens with one attached hydrogen (secondary N) is 1. The number of benzene rings is 1. The van der Waals surface area contributed by atoms with Crippen LogP contribution in [0, 0.1) is 0 Å².